The number of carbonyl (C=O) groups is 3. The van der Waals surface area contributed by atoms with E-state index in [1.165, 1.54) is 4.90 Å². The Balaban J connectivity index is 1.37. The quantitative estimate of drug-likeness (QED) is 0.690. The molecule has 4 rings (SSSR count). The number of hydroxylamine groups is 2. The van der Waals surface area contributed by atoms with Crippen molar-refractivity contribution in [2.75, 3.05) is 19.6 Å². The van der Waals surface area contributed by atoms with E-state index in [1.54, 1.807) is 4.90 Å². The summed E-state index contributed by atoms with van der Waals surface area (Å²) in [5.74, 6) is 0.264. The maximum absolute atomic E-state index is 12.9. The number of nitrogens with one attached hydrogen (secondary N) is 1. The van der Waals surface area contributed by atoms with Crippen LogP contribution in [-0.4, -0.2) is 81.5 Å². The zero-order valence-corrected chi connectivity index (χ0v) is 16.8. The van der Waals surface area contributed by atoms with Crippen molar-refractivity contribution in [3.05, 3.63) is 0 Å². The summed E-state index contributed by atoms with van der Waals surface area (Å²) in [4.78, 5) is 40.7. The van der Waals surface area contributed by atoms with Crippen molar-refractivity contribution in [1.29, 1.82) is 0 Å². The van der Waals surface area contributed by atoms with E-state index in [2.05, 4.69) is 5.32 Å². The third kappa shape index (κ3) is 3.40. The van der Waals surface area contributed by atoms with Crippen LogP contribution in [0.25, 0.3) is 0 Å². The smallest absolute Gasteiger partial charge is 0.410 e. The van der Waals surface area contributed by atoms with Crippen LogP contribution in [0.2, 0.25) is 0 Å². The van der Waals surface area contributed by atoms with E-state index in [0.29, 0.717) is 32.5 Å². The standard InChI is InChI=1S/C19H30N4O5/c1-19(2,3)28-18(26)21-8-11-4-5-12(9-21)15(11)20-16(24)14-7-6-13-10-22(14)17(25)23(13)27/h11-15,27H,4-10H2,1-3H3,(H,20,24)/t11?,12?,13-,14?,15?/m1/s1. The van der Waals surface area contributed by atoms with E-state index in [0.717, 1.165) is 17.9 Å². The number of hydrogen-bond acceptors (Lipinski definition) is 5. The van der Waals surface area contributed by atoms with Crippen molar-refractivity contribution in [3.8, 4) is 0 Å². The maximum Gasteiger partial charge on any atom is 0.410 e. The van der Waals surface area contributed by atoms with Crippen LogP contribution in [0.3, 0.4) is 0 Å². The number of hydrogen-bond donors (Lipinski definition) is 2. The molecule has 4 amide bonds. The second kappa shape index (κ2) is 6.79. The lowest BCUT2D eigenvalue weighted by molar-refractivity contribution is -0.127. The minimum Gasteiger partial charge on any atom is -0.444 e. The van der Waals surface area contributed by atoms with Crippen LogP contribution in [0.4, 0.5) is 9.59 Å². The normalized spacial score (nSPS) is 34.6. The summed E-state index contributed by atoms with van der Waals surface area (Å²) >= 11 is 0. The summed E-state index contributed by atoms with van der Waals surface area (Å²) < 4.78 is 5.50. The molecule has 3 saturated heterocycles. The molecule has 4 atom stereocenters. The highest BCUT2D eigenvalue weighted by Crippen LogP contribution is 2.38. The molecule has 156 valence electrons. The molecule has 3 unspecified atom stereocenters. The van der Waals surface area contributed by atoms with E-state index in [4.69, 9.17) is 4.74 Å². The van der Waals surface area contributed by atoms with Gasteiger partial charge in [-0.2, -0.15) is 0 Å². The first-order chi connectivity index (χ1) is 13.1. The molecule has 1 saturated carbocycles. The van der Waals surface area contributed by atoms with Gasteiger partial charge in [0.1, 0.15) is 11.6 Å². The third-order valence-electron chi connectivity index (χ3n) is 6.44. The average Bonchev–Trinajstić information content (AvgIpc) is 2.97. The highest BCUT2D eigenvalue weighted by Gasteiger charge is 2.49. The zero-order chi connectivity index (χ0) is 20.2. The highest BCUT2D eigenvalue weighted by molar-refractivity contribution is 5.88. The Bertz CT molecular complexity index is 664. The summed E-state index contributed by atoms with van der Waals surface area (Å²) in [5, 5.41) is 13.7. The number of amides is 4. The molecule has 0 radical (unpaired) electrons. The fourth-order valence-electron chi connectivity index (χ4n) is 5.12. The first-order valence-electron chi connectivity index (χ1n) is 10.2. The number of urea groups is 1. The lowest BCUT2D eigenvalue weighted by atomic mass is 9.91. The summed E-state index contributed by atoms with van der Waals surface area (Å²) in [6.45, 7) is 7.13. The lowest BCUT2D eigenvalue weighted by Crippen LogP contribution is -2.58. The van der Waals surface area contributed by atoms with Crippen LogP contribution in [-0.2, 0) is 9.53 Å². The second-order valence-corrected chi connectivity index (χ2v) is 9.54. The van der Waals surface area contributed by atoms with E-state index >= 15 is 0 Å². The molecule has 3 aliphatic heterocycles. The summed E-state index contributed by atoms with van der Waals surface area (Å²) in [6.07, 6.45) is 2.83. The largest absolute Gasteiger partial charge is 0.444 e. The van der Waals surface area contributed by atoms with Gasteiger partial charge in [0.15, 0.2) is 0 Å². The van der Waals surface area contributed by atoms with Gasteiger partial charge in [0.05, 0.1) is 6.04 Å². The van der Waals surface area contributed by atoms with Crippen LogP contribution in [0, 0.1) is 11.8 Å². The van der Waals surface area contributed by atoms with Gasteiger partial charge in [-0.05, 0) is 58.3 Å². The van der Waals surface area contributed by atoms with Gasteiger partial charge in [0.2, 0.25) is 5.91 Å². The molecule has 28 heavy (non-hydrogen) atoms. The fraction of sp³-hybridized carbons (Fsp3) is 0.842. The number of rotatable bonds is 2. The maximum atomic E-state index is 12.9. The molecule has 4 fully saturated rings. The van der Waals surface area contributed by atoms with E-state index in [-0.39, 0.29) is 35.9 Å². The second-order valence-electron chi connectivity index (χ2n) is 9.54. The predicted octanol–water partition coefficient (Wildman–Crippen LogP) is 1.41. The topological polar surface area (TPSA) is 102 Å². The number of carbonyl (C=O) groups excluding carboxylic acids is 3. The predicted molar refractivity (Wildman–Crippen MR) is 98.5 cm³/mol. The van der Waals surface area contributed by atoms with Crippen LogP contribution in [0.5, 0.6) is 0 Å². The van der Waals surface area contributed by atoms with Crippen molar-refractivity contribution in [3.63, 3.8) is 0 Å². The minimum absolute atomic E-state index is 0.0202. The molecule has 0 aromatic carbocycles. The highest BCUT2D eigenvalue weighted by atomic mass is 16.6. The van der Waals surface area contributed by atoms with Gasteiger partial charge in [-0.1, -0.05) is 0 Å². The van der Waals surface area contributed by atoms with Gasteiger partial charge < -0.3 is 19.9 Å². The number of ether oxygens (including phenoxy) is 1. The fourth-order valence-corrected chi connectivity index (χ4v) is 5.12. The van der Waals surface area contributed by atoms with Crippen molar-refractivity contribution >= 4 is 18.0 Å². The van der Waals surface area contributed by atoms with Crippen LogP contribution in [0.1, 0.15) is 46.5 Å². The summed E-state index contributed by atoms with van der Waals surface area (Å²) in [5.41, 5.74) is -0.525. The summed E-state index contributed by atoms with van der Waals surface area (Å²) in [6, 6.07) is -1.19. The molecule has 9 nitrogen and oxygen atoms in total. The Kier molecular flexibility index (Phi) is 4.68. The molecule has 3 heterocycles. The van der Waals surface area contributed by atoms with Crippen LogP contribution in [0.15, 0.2) is 0 Å². The number of nitrogens with zero attached hydrogens (tertiary/aromatic N) is 3. The van der Waals surface area contributed by atoms with Crippen molar-refractivity contribution in [1.82, 2.24) is 20.2 Å². The Morgan fingerprint density at radius 2 is 1.71 bits per heavy atom. The average molecular weight is 394 g/mol. The Labute approximate surface area is 164 Å². The number of fused-ring (bicyclic) bond motifs is 4. The molecule has 1 aliphatic carbocycles. The van der Waals surface area contributed by atoms with E-state index in [1.807, 2.05) is 20.8 Å². The van der Waals surface area contributed by atoms with Gasteiger partial charge >= 0.3 is 12.1 Å². The van der Waals surface area contributed by atoms with Gasteiger partial charge in [-0.3, -0.25) is 10.0 Å². The van der Waals surface area contributed by atoms with E-state index in [9.17, 15) is 19.6 Å². The SMILES string of the molecule is CC(C)(C)OC(=O)N1CC2CCC(C1)C2NC(=O)C1CC[C@@H]2CN1C(=O)N2O. The molecule has 9 heteroatoms. The molecule has 4 aliphatic rings. The molecular weight excluding hydrogens is 364 g/mol. The molecular formula is C19H30N4O5. The van der Waals surface area contributed by atoms with Gasteiger partial charge in [-0.25, -0.2) is 14.7 Å². The van der Waals surface area contributed by atoms with Gasteiger partial charge in [-0.15, -0.1) is 0 Å². The first-order valence-corrected chi connectivity index (χ1v) is 10.2. The Hall–Kier alpha value is -2.03. The van der Waals surface area contributed by atoms with E-state index < -0.39 is 17.7 Å². The Morgan fingerprint density at radius 1 is 1.07 bits per heavy atom. The molecule has 0 spiro atoms. The molecule has 0 aromatic rings. The minimum atomic E-state index is -0.525. The van der Waals surface area contributed by atoms with Crippen molar-refractivity contribution in [2.45, 2.75) is 70.2 Å². The molecule has 2 N–H and O–H groups in total. The first kappa shape index (κ1) is 19.3. The monoisotopic (exact) mass is 394 g/mol. The zero-order valence-electron chi connectivity index (χ0n) is 16.8. The molecule has 0 aromatic heterocycles. The number of likely N-dealkylation sites (tertiary alicyclic amines) is 1. The van der Waals surface area contributed by atoms with Crippen LogP contribution < -0.4 is 5.32 Å². The van der Waals surface area contributed by atoms with Crippen LogP contribution >= 0.6 is 0 Å². The number of piperidine rings is 2. The third-order valence-corrected chi connectivity index (χ3v) is 6.44. The van der Waals surface area contributed by atoms with Gasteiger partial charge in [0.25, 0.3) is 0 Å². The van der Waals surface area contributed by atoms with Crippen molar-refractivity contribution < 1.29 is 24.3 Å². The Morgan fingerprint density at radius 3 is 2.32 bits per heavy atom. The molecule has 4 bridgehead atoms. The lowest BCUT2D eigenvalue weighted by Gasteiger charge is -2.40. The summed E-state index contributed by atoms with van der Waals surface area (Å²) in [7, 11) is 0. The van der Waals surface area contributed by atoms with Gasteiger partial charge in [0, 0.05) is 25.7 Å². The van der Waals surface area contributed by atoms with Crippen molar-refractivity contribution in [2.24, 2.45) is 11.8 Å².